The Hall–Kier alpha value is -1.33. The quantitative estimate of drug-likeness (QED) is 0.451. The minimum Gasteiger partial charge on any atom is -0.323 e. The van der Waals surface area contributed by atoms with Crippen molar-refractivity contribution < 1.29 is 14.2 Å². The maximum absolute atomic E-state index is 9.43. The Labute approximate surface area is 120 Å². The van der Waals surface area contributed by atoms with E-state index in [-0.39, 0.29) is 5.41 Å². The molecule has 0 spiro atoms. The summed E-state index contributed by atoms with van der Waals surface area (Å²) in [7, 11) is 0. The van der Waals surface area contributed by atoms with Gasteiger partial charge in [-0.1, -0.05) is 26.8 Å². The van der Waals surface area contributed by atoms with Crippen molar-refractivity contribution in [1.82, 2.24) is 0 Å². The van der Waals surface area contributed by atoms with Crippen molar-refractivity contribution in [3.8, 4) is 18.4 Å². The first-order chi connectivity index (χ1) is 9.39. The van der Waals surface area contributed by atoms with Crippen LogP contribution in [0.25, 0.3) is 0 Å². The molecule has 4 heteroatoms. The molecule has 1 unspecified atom stereocenters. The first-order valence-electron chi connectivity index (χ1n) is 6.86. The van der Waals surface area contributed by atoms with Gasteiger partial charge in [0.25, 0.3) is 0 Å². The summed E-state index contributed by atoms with van der Waals surface area (Å²) in [6.45, 7) is 7.14. The van der Waals surface area contributed by atoms with Crippen LogP contribution in [0, 0.1) is 34.5 Å². The van der Waals surface area contributed by atoms with Crippen LogP contribution >= 0.6 is 0 Å². The first-order valence-corrected chi connectivity index (χ1v) is 6.86. The summed E-state index contributed by atoms with van der Waals surface area (Å²) in [5.41, 5.74) is -0.580. The van der Waals surface area contributed by atoms with Crippen molar-refractivity contribution in [2.45, 2.75) is 45.7 Å². The largest absolute Gasteiger partial charge is 0.323 e. The van der Waals surface area contributed by atoms with Crippen molar-refractivity contribution in [3.05, 3.63) is 12.2 Å². The molecule has 0 saturated carbocycles. The van der Waals surface area contributed by atoms with Crippen LogP contribution in [-0.4, -0.2) is 25.3 Å². The Kier molecular flexibility index (Phi) is 3.93. The lowest BCUT2D eigenvalue weighted by Crippen LogP contribution is -2.67. The van der Waals surface area contributed by atoms with E-state index in [4.69, 9.17) is 20.6 Å². The van der Waals surface area contributed by atoms with Crippen LogP contribution < -0.4 is 0 Å². The van der Waals surface area contributed by atoms with Crippen LogP contribution in [0.15, 0.2) is 12.2 Å². The van der Waals surface area contributed by atoms with Crippen molar-refractivity contribution in [1.29, 1.82) is 5.26 Å². The highest BCUT2D eigenvalue weighted by Crippen LogP contribution is 2.52. The van der Waals surface area contributed by atoms with E-state index in [2.05, 4.69) is 32.8 Å². The Morgan fingerprint density at radius 2 is 2.00 bits per heavy atom. The fourth-order valence-electron chi connectivity index (χ4n) is 2.54. The molecule has 3 aliphatic heterocycles. The standard InChI is InChI=1S/C16H21NO3/c1-5-6-7-8-9-16-18-11-15(12-19-16,14(2,3)4)13(10-17)20-16/h1,8-9,13H,6-7,11-12H2,2-4H3/b9-8+. The molecular weight excluding hydrogens is 254 g/mol. The monoisotopic (exact) mass is 275 g/mol. The molecule has 0 aromatic carbocycles. The van der Waals surface area contributed by atoms with Gasteiger partial charge in [0.1, 0.15) is 0 Å². The highest BCUT2D eigenvalue weighted by Gasteiger charge is 2.62. The molecule has 0 aliphatic carbocycles. The van der Waals surface area contributed by atoms with Gasteiger partial charge in [-0.05, 0) is 11.8 Å². The smallest absolute Gasteiger partial charge is 0.305 e. The maximum atomic E-state index is 9.43. The summed E-state index contributed by atoms with van der Waals surface area (Å²) in [6.07, 6.45) is 9.66. The Balaban J connectivity index is 2.17. The number of fused-ring (bicyclic) bond motifs is 3. The van der Waals surface area contributed by atoms with Crippen LogP contribution in [0.4, 0.5) is 0 Å². The molecule has 3 saturated heterocycles. The molecule has 0 aromatic heterocycles. The van der Waals surface area contributed by atoms with Crippen LogP contribution in [0.1, 0.15) is 33.6 Å². The summed E-state index contributed by atoms with van der Waals surface area (Å²) in [4.78, 5) is 0. The van der Waals surface area contributed by atoms with Gasteiger partial charge in [0.05, 0.1) is 24.7 Å². The second-order valence-electron chi connectivity index (χ2n) is 6.36. The molecular formula is C16H21NO3. The van der Waals surface area contributed by atoms with Crippen molar-refractivity contribution in [3.63, 3.8) is 0 Å². The van der Waals surface area contributed by atoms with Gasteiger partial charge in [-0.3, -0.25) is 0 Å². The van der Waals surface area contributed by atoms with Gasteiger partial charge in [-0.25, -0.2) is 0 Å². The van der Waals surface area contributed by atoms with Crippen molar-refractivity contribution in [2.75, 3.05) is 13.2 Å². The average Bonchev–Trinajstić information content (AvgIpc) is 2.43. The van der Waals surface area contributed by atoms with Crippen LogP contribution in [-0.2, 0) is 14.2 Å². The predicted molar refractivity (Wildman–Crippen MR) is 74.2 cm³/mol. The summed E-state index contributed by atoms with van der Waals surface area (Å²) >= 11 is 0. The molecule has 0 radical (unpaired) electrons. The van der Waals surface area contributed by atoms with Gasteiger partial charge < -0.3 is 14.2 Å². The summed E-state index contributed by atoms with van der Waals surface area (Å²) in [5.74, 6) is 1.35. The molecule has 3 rings (SSSR count). The molecule has 108 valence electrons. The van der Waals surface area contributed by atoms with Gasteiger partial charge in [-0.15, -0.1) is 12.3 Å². The SMILES string of the molecule is C#CCC/C=C/C12OCC(C(C)(C)C)(CO1)C(C#N)O2. The number of ether oxygens (including phenoxy) is 3. The number of nitrogens with zero attached hydrogens (tertiary/aromatic N) is 1. The van der Waals surface area contributed by atoms with Gasteiger partial charge in [0, 0.05) is 12.5 Å². The Morgan fingerprint density at radius 1 is 1.35 bits per heavy atom. The lowest BCUT2D eigenvalue weighted by Gasteiger charge is -2.58. The summed E-state index contributed by atoms with van der Waals surface area (Å²) in [5, 5.41) is 9.43. The highest BCUT2D eigenvalue weighted by atomic mass is 16.9. The molecule has 1 atom stereocenters. The van der Waals surface area contributed by atoms with E-state index in [1.54, 1.807) is 6.08 Å². The zero-order valence-electron chi connectivity index (χ0n) is 12.3. The third-order valence-corrected chi connectivity index (χ3v) is 4.23. The van der Waals surface area contributed by atoms with E-state index in [1.807, 2.05) is 6.08 Å². The fourth-order valence-corrected chi connectivity index (χ4v) is 2.54. The van der Waals surface area contributed by atoms with Crippen LogP contribution in [0.2, 0.25) is 0 Å². The average molecular weight is 275 g/mol. The number of hydrogen-bond donors (Lipinski definition) is 0. The van der Waals surface area contributed by atoms with E-state index >= 15 is 0 Å². The molecule has 3 aliphatic rings. The zero-order valence-corrected chi connectivity index (χ0v) is 12.3. The van der Waals surface area contributed by atoms with E-state index in [9.17, 15) is 5.26 Å². The molecule has 0 aromatic rings. The predicted octanol–water partition coefficient (Wildman–Crippen LogP) is 2.61. The van der Waals surface area contributed by atoms with E-state index in [1.165, 1.54) is 0 Å². The fraction of sp³-hybridized carbons (Fsp3) is 0.688. The second kappa shape index (κ2) is 5.22. The lowest BCUT2D eigenvalue weighted by atomic mass is 9.63. The van der Waals surface area contributed by atoms with Gasteiger partial charge in [-0.2, -0.15) is 5.26 Å². The van der Waals surface area contributed by atoms with Crippen LogP contribution in [0.3, 0.4) is 0 Å². The van der Waals surface area contributed by atoms with Crippen molar-refractivity contribution in [2.24, 2.45) is 10.8 Å². The van der Waals surface area contributed by atoms with Crippen molar-refractivity contribution >= 4 is 0 Å². The normalized spacial score (nSPS) is 36.8. The number of terminal acetylenes is 1. The Morgan fingerprint density at radius 3 is 2.50 bits per heavy atom. The molecule has 4 nitrogen and oxygen atoms in total. The number of allylic oxidation sites excluding steroid dienone is 1. The summed E-state index contributed by atoms with van der Waals surface area (Å²) in [6, 6.07) is 2.26. The minimum atomic E-state index is -1.22. The van der Waals surface area contributed by atoms with Gasteiger partial charge >= 0.3 is 5.97 Å². The number of nitriles is 1. The van der Waals surface area contributed by atoms with Gasteiger partial charge in [0.15, 0.2) is 6.10 Å². The third-order valence-electron chi connectivity index (χ3n) is 4.23. The highest BCUT2D eigenvalue weighted by molar-refractivity contribution is 5.13. The number of rotatable bonds is 3. The van der Waals surface area contributed by atoms with E-state index in [0.29, 0.717) is 19.6 Å². The van der Waals surface area contributed by atoms with Crippen LogP contribution in [0.5, 0.6) is 0 Å². The van der Waals surface area contributed by atoms with E-state index in [0.717, 1.165) is 6.42 Å². The number of hydrogen-bond acceptors (Lipinski definition) is 4. The summed E-state index contributed by atoms with van der Waals surface area (Å²) < 4.78 is 17.3. The van der Waals surface area contributed by atoms with E-state index < -0.39 is 17.5 Å². The lowest BCUT2D eigenvalue weighted by molar-refractivity contribution is -0.469. The van der Waals surface area contributed by atoms with Gasteiger partial charge in [0.2, 0.25) is 0 Å². The minimum absolute atomic E-state index is 0.146. The third kappa shape index (κ3) is 2.36. The zero-order chi connectivity index (χ0) is 14.9. The molecule has 3 fully saturated rings. The molecule has 20 heavy (non-hydrogen) atoms. The first kappa shape index (κ1) is 15.1. The molecule has 3 heterocycles. The Bertz CT molecular complexity index is 467. The topological polar surface area (TPSA) is 51.5 Å². The molecule has 0 N–H and O–H groups in total. The molecule has 2 bridgehead atoms. The number of unbranched alkanes of at least 4 members (excludes halogenated alkanes) is 1. The second-order valence-corrected chi connectivity index (χ2v) is 6.36. The molecule has 0 amide bonds. The maximum Gasteiger partial charge on any atom is 0.305 e.